The summed E-state index contributed by atoms with van der Waals surface area (Å²) in [4.78, 5) is 38.9. The third kappa shape index (κ3) is 8.63. The normalized spacial score (nSPS) is 22.5. The summed E-state index contributed by atoms with van der Waals surface area (Å²) in [5, 5.41) is 12.0. The lowest BCUT2D eigenvalue weighted by Gasteiger charge is -2.33. The van der Waals surface area contributed by atoms with Crippen LogP contribution in [0.3, 0.4) is 0 Å². The number of rotatable bonds is 6. The minimum absolute atomic E-state index is 0.104. The minimum Gasteiger partial charge on any atom is -0.514 e. The van der Waals surface area contributed by atoms with Crippen molar-refractivity contribution in [2.45, 2.75) is 97.9 Å². The fourth-order valence-electron chi connectivity index (χ4n) is 3.62. The third-order valence-corrected chi connectivity index (χ3v) is 4.61. The largest absolute Gasteiger partial charge is 0.514 e. The summed E-state index contributed by atoms with van der Waals surface area (Å²) in [6, 6.07) is -1.16. The number of nitrogens with zero attached hydrogens (tertiary/aromatic N) is 1. The number of ether oxygens (including phenoxy) is 2. The quantitative estimate of drug-likeness (QED) is 0.366. The van der Waals surface area contributed by atoms with Gasteiger partial charge in [0.1, 0.15) is 17.2 Å². The van der Waals surface area contributed by atoms with Crippen molar-refractivity contribution in [1.29, 1.82) is 0 Å². The SMILES string of the molecule is CC=C[C@@H]1C[C@H](C(=O)OC(C)(C)C)N(C(=O)OC(C)(C)C)[C@@H]1CCC(=CO)NC(C)=O. The highest BCUT2D eigenvalue weighted by molar-refractivity contribution is 5.83. The van der Waals surface area contributed by atoms with Crippen molar-refractivity contribution in [1.82, 2.24) is 10.2 Å². The Morgan fingerprint density at radius 2 is 1.68 bits per heavy atom. The monoisotopic (exact) mass is 438 g/mol. The van der Waals surface area contributed by atoms with Crippen LogP contribution in [-0.2, 0) is 19.1 Å². The third-order valence-electron chi connectivity index (χ3n) is 4.61. The average Bonchev–Trinajstić information content (AvgIpc) is 2.94. The van der Waals surface area contributed by atoms with E-state index in [9.17, 15) is 19.5 Å². The Kier molecular flexibility index (Phi) is 9.14. The van der Waals surface area contributed by atoms with Gasteiger partial charge in [-0.3, -0.25) is 9.69 Å². The molecule has 1 aliphatic rings. The van der Waals surface area contributed by atoms with Gasteiger partial charge in [0.05, 0.1) is 12.0 Å². The van der Waals surface area contributed by atoms with Gasteiger partial charge in [0.2, 0.25) is 5.91 Å². The number of likely N-dealkylation sites (tertiary alicyclic amines) is 1. The van der Waals surface area contributed by atoms with Crippen LogP contribution in [-0.4, -0.2) is 51.3 Å². The zero-order valence-corrected chi connectivity index (χ0v) is 20.0. The van der Waals surface area contributed by atoms with Gasteiger partial charge >= 0.3 is 12.1 Å². The lowest BCUT2D eigenvalue weighted by Crippen LogP contribution is -2.49. The van der Waals surface area contributed by atoms with Crippen LogP contribution in [0.5, 0.6) is 0 Å². The van der Waals surface area contributed by atoms with Gasteiger partial charge in [-0.15, -0.1) is 0 Å². The first kappa shape index (κ1) is 26.5. The van der Waals surface area contributed by atoms with E-state index in [1.807, 2.05) is 19.1 Å². The molecule has 0 saturated carbocycles. The first-order valence-electron chi connectivity index (χ1n) is 10.7. The van der Waals surface area contributed by atoms with Crippen LogP contribution in [0, 0.1) is 5.92 Å². The Bertz CT molecular complexity index is 715. The van der Waals surface area contributed by atoms with Crippen LogP contribution < -0.4 is 5.32 Å². The number of hydrogen-bond donors (Lipinski definition) is 2. The summed E-state index contributed by atoms with van der Waals surface area (Å²) in [6.45, 7) is 13.9. The van der Waals surface area contributed by atoms with Crippen molar-refractivity contribution >= 4 is 18.0 Å². The van der Waals surface area contributed by atoms with Gasteiger partial charge in [-0.25, -0.2) is 9.59 Å². The average molecular weight is 439 g/mol. The number of carbonyl (C=O) groups is 3. The van der Waals surface area contributed by atoms with Crippen LogP contribution >= 0.6 is 0 Å². The molecule has 0 aromatic carbocycles. The topological polar surface area (TPSA) is 105 Å². The maximum Gasteiger partial charge on any atom is 0.411 e. The van der Waals surface area contributed by atoms with Crippen LogP contribution in [0.4, 0.5) is 4.79 Å². The molecule has 0 unspecified atom stereocenters. The molecule has 1 fully saturated rings. The first-order valence-corrected chi connectivity index (χ1v) is 10.7. The Balaban J connectivity index is 3.26. The number of amides is 2. The van der Waals surface area contributed by atoms with Crippen LogP contribution in [0.2, 0.25) is 0 Å². The molecule has 1 heterocycles. The zero-order valence-electron chi connectivity index (χ0n) is 20.0. The predicted octanol–water partition coefficient (Wildman–Crippen LogP) is 4.21. The Morgan fingerprint density at radius 3 is 2.13 bits per heavy atom. The summed E-state index contributed by atoms with van der Waals surface area (Å²) in [5.74, 6) is -0.880. The number of carbonyl (C=O) groups excluding carboxylic acids is 3. The molecule has 0 bridgehead atoms. The van der Waals surface area contributed by atoms with Crippen molar-refractivity contribution < 1.29 is 29.0 Å². The molecule has 2 amide bonds. The number of aliphatic hydroxyl groups is 1. The number of esters is 1. The van der Waals surface area contributed by atoms with E-state index in [0.717, 1.165) is 6.26 Å². The molecule has 0 aromatic rings. The van der Waals surface area contributed by atoms with Crippen LogP contribution in [0.15, 0.2) is 24.1 Å². The second kappa shape index (κ2) is 10.7. The van der Waals surface area contributed by atoms with Crippen LogP contribution in [0.25, 0.3) is 0 Å². The van der Waals surface area contributed by atoms with E-state index in [1.165, 1.54) is 11.8 Å². The first-order chi connectivity index (χ1) is 14.2. The van der Waals surface area contributed by atoms with Crippen molar-refractivity contribution in [3.63, 3.8) is 0 Å². The molecule has 31 heavy (non-hydrogen) atoms. The Morgan fingerprint density at radius 1 is 1.10 bits per heavy atom. The van der Waals surface area contributed by atoms with E-state index < -0.39 is 29.3 Å². The number of allylic oxidation sites excluding steroid dienone is 2. The number of hydrogen-bond acceptors (Lipinski definition) is 6. The molecule has 1 saturated heterocycles. The molecular formula is C23H38N2O6. The summed E-state index contributed by atoms with van der Waals surface area (Å²) >= 11 is 0. The highest BCUT2D eigenvalue weighted by Crippen LogP contribution is 2.36. The van der Waals surface area contributed by atoms with Crippen molar-refractivity contribution in [3.05, 3.63) is 24.1 Å². The summed E-state index contributed by atoms with van der Waals surface area (Å²) in [5.41, 5.74) is -1.08. The highest BCUT2D eigenvalue weighted by Gasteiger charge is 2.48. The zero-order chi connectivity index (χ0) is 24.0. The highest BCUT2D eigenvalue weighted by atomic mass is 16.6. The smallest absolute Gasteiger partial charge is 0.411 e. The maximum atomic E-state index is 13.1. The minimum atomic E-state index is -0.789. The van der Waals surface area contributed by atoms with Gasteiger partial charge in [-0.05, 0) is 73.6 Å². The standard InChI is InChI=1S/C23H38N2O6/c1-9-10-16-13-19(20(28)30-22(3,4)5)25(21(29)31-23(6,7)8)18(16)12-11-17(14-26)24-15(2)27/h9-10,14,16,18-19,26H,11-13H2,1-8H3,(H,24,27)/t16-,18-,19-/m1/s1. The second-order valence-corrected chi connectivity index (χ2v) is 9.80. The van der Waals surface area contributed by atoms with Crippen molar-refractivity contribution in [2.24, 2.45) is 5.92 Å². The number of aliphatic hydroxyl groups excluding tert-OH is 1. The maximum absolute atomic E-state index is 13.1. The molecule has 0 radical (unpaired) electrons. The van der Waals surface area contributed by atoms with Crippen LogP contribution in [0.1, 0.15) is 74.7 Å². The van der Waals surface area contributed by atoms with E-state index in [2.05, 4.69) is 5.32 Å². The molecule has 8 heteroatoms. The predicted molar refractivity (Wildman–Crippen MR) is 118 cm³/mol. The van der Waals surface area contributed by atoms with E-state index in [1.54, 1.807) is 41.5 Å². The molecule has 3 atom stereocenters. The van der Waals surface area contributed by atoms with Gasteiger partial charge in [-0.2, -0.15) is 0 Å². The summed E-state index contributed by atoms with van der Waals surface area (Å²) in [6.07, 6.45) is 5.25. The molecule has 0 aliphatic carbocycles. The lowest BCUT2D eigenvalue weighted by atomic mass is 9.94. The van der Waals surface area contributed by atoms with Gasteiger partial charge in [-0.1, -0.05) is 12.2 Å². The Labute approximate surface area is 185 Å². The number of nitrogens with one attached hydrogen (secondary N) is 1. The molecule has 2 N–H and O–H groups in total. The van der Waals surface area contributed by atoms with Gasteiger partial charge in [0, 0.05) is 13.0 Å². The molecule has 8 nitrogen and oxygen atoms in total. The summed E-state index contributed by atoms with van der Waals surface area (Å²) < 4.78 is 11.2. The van der Waals surface area contributed by atoms with E-state index in [0.29, 0.717) is 25.0 Å². The fourth-order valence-corrected chi connectivity index (χ4v) is 3.62. The molecule has 176 valence electrons. The molecule has 1 aliphatic heterocycles. The molecule has 0 aromatic heterocycles. The van der Waals surface area contributed by atoms with Crippen molar-refractivity contribution in [3.8, 4) is 0 Å². The van der Waals surface area contributed by atoms with E-state index in [-0.39, 0.29) is 17.9 Å². The summed E-state index contributed by atoms with van der Waals surface area (Å²) in [7, 11) is 0. The fraction of sp³-hybridized carbons (Fsp3) is 0.696. The van der Waals surface area contributed by atoms with Gasteiger partial charge in [0.25, 0.3) is 0 Å². The molecular weight excluding hydrogens is 400 g/mol. The molecule has 0 spiro atoms. The Hall–Kier alpha value is -2.51. The second-order valence-electron chi connectivity index (χ2n) is 9.80. The molecule has 1 rings (SSSR count). The lowest BCUT2D eigenvalue weighted by molar-refractivity contribution is -0.160. The van der Waals surface area contributed by atoms with Gasteiger partial charge < -0.3 is 19.9 Å². The van der Waals surface area contributed by atoms with Crippen molar-refractivity contribution in [2.75, 3.05) is 0 Å². The van der Waals surface area contributed by atoms with Gasteiger partial charge in [0.15, 0.2) is 0 Å². The van der Waals surface area contributed by atoms with E-state index in [4.69, 9.17) is 9.47 Å². The van der Waals surface area contributed by atoms with E-state index >= 15 is 0 Å².